The number of guanidine groups is 1. The Labute approximate surface area is 195 Å². The zero-order chi connectivity index (χ0) is 24.6. The lowest BCUT2D eigenvalue weighted by atomic mass is 9.80. The van der Waals surface area contributed by atoms with Crippen LogP contribution in [0.1, 0.15) is 36.6 Å². The first kappa shape index (κ1) is 23.3. The molecule has 0 aliphatic carbocycles. The average Bonchev–Trinajstić information content (AvgIpc) is 3.05. The lowest BCUT2D eigenvalue weighted by Gasteiger charge is -2.28. The Balaban J connectivity index is 1.99. The number of halogens is 2. The maximum atomic E-state index is 14.8. The van der Waals surface area contributed by atoms with Gasteiger partial charge in [0.05, 0.1) is 12.7 Å². The fourth-order valence-electron chi connectivity index (χ4n) is 4.11. The normalized spacial score (nSPS) is 18.7. The van der Waals surface area contributed by atoms with Gasteiger partial charge in [0.25, 0.3) is 5.91 Å². The predicted molar refractivity (Wildman–Crippen MR) is 123 cm³/mol. The first-order valence-electron chi connectivity index (χ1n) is 10.7. The second-order valence-corrected chi connectivity index (χ2v) is 7.94. The van der Waals surface area contributed by atoms with Crippen LogP contribution in [0.5, 0.6) is 5.75 Å². The number of aliphatic hydroxyl groups excluding tert-OH is 1. The van der Waals surface area contributed by atoms with Gasteiger partial charge in [-0.25, -0.2) is 14.4 Å². The lowest BCUT2D eigenvalue weighted by Crippen LogP contribution is -2.41. The number of rotatable bonds is 6. The van der Waals surface area contributed by atoms with Crippen LogP contribution in [0.25, 0.3) is 11.1 Å². The molecule has 0 radical (unpaired) electrons. The molecule has 2 heterocycles. The highest BCUT2D eigenvalue weighted by Crippen LogP contribution is 2.43. The van der Waals surface area contributed by atoms with E-state index in [1.165, 1.54) is 42.4 Å². The summed E-state index contributed by atoms with van der Waals surface area (Å²) in [6.45, 7) is 3.78. The van der Waals surface area contributed by atoms with Crippen LogP contribution in [0.4, 0.5) is 8.78 Å². The summed E-state index contributed by atoms with van der Waals surface area (Å²) in [6, 6.07) is 11.8. The van der Waals surface area contributed by atoms with Crippen molar-refractivity contribution in [3.8, 4) is 16.9 Å². The number of benzene rings is 2. The summed E-state index contributed by atoms with van der Waals surface area (Å²) < 4.78 is 34.8. The summed E-state index contributed by atoms with van der Waals surface area (Å²) in [5.74, 6) is -1.57. The van der Waals surface area contributed by atoms with Crippen LogP contribution in [-0.4, -0.2) is 40.5 Å². The van der Waals surface area contributed by atoms with Gasteiger partial charge < -0.3 is 15.6 Å². The molecule has 0 spiro atoms. The molecule has 1 aliphatic heterocycles. The number of aliphatic imine (C=N–C) groups is 1. The van der Waals surface area contributed by atoms with E-state index in [4.69, 9.17) is 10.5 Å². The standard InChI is InChI=1S/C25H24F2N4O3/c1-4-34-21-10-8-16(12-18(21)14(2)32)25(23(33)31(3)24(28)30-25)15-7-9-20(26)19(13-15)17-6-5-11-29-22(17)27/h5-14,32H,4H2,1-3H3,(H2,28,30)/t14?,25-/m1/s1. The lowest BCUT2D eigenvalue weighted by molar-refractivity contribution is -0.129. The molecule has 2 aromatic carbocycles. The van der Waals surface area contributed by atoms with Gasteiger partial charge in [-0.2, -0.15) is 4.39 Å². The van der Waals surface area contributed by atoms with Crippen LogP contribution in [0.15, 0.2) is 59.7 Å². The van der Waals surface area contributed by atoms with E-state index in [9.17, 15) is 18.7 Å². The van der Waals surface area contributed by atoms with Gasteiger partial charge >= 0.3 is 0 Å². The Morgan fingerprint density at radius 1 is 1.15 bits per heavy atom. The second-order valence-electron chi connectivity index (χ2n) is 7.94. The molecule has 0 saturated heterocycles. The molecule has 0 fully saturated rings. The molecule has 4 rings (SSSR count). The summed E-state index contributed by atoms with van der Waals surface area (Å²) >= 11 is 0. The Bertz CT molecular complexity index is 1290. The van der Waals surface area contributed by atoms with E-state index in [1.54, 1.807) is 25.1 Å². The SMILES string of the molecule is CCOc1ccc([C@@]2(c3ccc(F)c(-c4cccnc4F)c3)N=C(N)N(C)C2=O)cc1C(C)O. The molecular formula is C25H24F2N4O3. The molecule has 3 aromatic rings. The number of nitrogens with zero attached hydrogens (tertiary/aromatic N) is 3. The third-order valence-corrected chi connectivity index (χ3v) is 5.85. The largest absolute Gasteiger partial charge is 0.493 e. The zero-order valence-electron chi connectivity index (χ0n) is 18.9. The maximum Gasteiger partial charge on any atom is 0.266 e. The number of pyridine rings is 1. The van der Waals surface area contributed by atoms with Crippen LogP contribution in [0, 0.1) is 11.8 Å². The molecule has 9 heteroatoms. The Morgan fingerprint density at radius 3 is 2.47 bits per heavy atom. The monoisotopic (exact) mass is 466 g/mol. The first-order valence-corrected chi connectivity index (χ1v) is 10.7. The summed E-state index contributed by atoms with van der Waals surface area (Å²) in [5, 5.41) is 10.3. The van der Waals surface area contributed by atoms with Crippen molar-refractivity contribution in [2.75, 3.05) is 13.7 Å². The van der Waals surface area contributed by atoms with Gasteiger partial charge in [-0.15, -0.1) is 0 Å². The molecule has 176 valence electrons. The smallest absolute Gasteiger partial charge is 0.266 e. The fraction of sp³-hybridized carbons (Fsp3) is 0.240. The number of ether oxygens (including phenoxy) is 1. The molecule has 7 nitrogen and oxygen atoms in total. The number of aromatic nitrogens is 1. The van der Waals surface area contributed by atoms with E-state index in [1.807, 2.05) is 6.92 Å². The topological polar surface area (TPSA) is 101 Å². The van der Waals surface area contributed by atoms with Crippen LogP contribution in [-0.2, 0) is 10.3 Å². The number of amides is 1. The van der Waals surface area contributed by atoms with Gasteiger partial charge in [0, 0.05) is 29.9 Å². The molecule has 34 heavy (non-hydrogen) atoms. The highest BCUT2D eigenvalue weighted by molar-refractivity contribution is 6.09. The number of hydrogen-bond donors (Lipinski definition) is 2. The second kappa shape index (κ2) is 8.83. The van der Waals surface area contributed by atoms with Crippen LogP contribution in [0.2, 0.25) is 0 Å². The van der Waals surface area contributed by atoms with Crippen LogP contribution < -0.4 is 10.5 Å². The summed E-state index contributed by atoms with van der Waals surface area (Å²) in [4.78, 5) is 22.9. The molecule has 1 aromatic heterocycles. The fourth-order valence-corrected chi connectivity index (χ4v) is 4.11. The minimum absolute atomic E-state index is 0.0316. The molecule has 2 atom stereocenters. The van der Waals surface area contributed by atoms with Crippen molar-refractivity contribution < 1.29 is 23.4 Å². The Morgan fingerprint density at radius 2 is 1.85 bits per heavy atom. The van der Waals surface area contributed by atoms with Gasteiger partial charge in [0.1, 0.15) is 11.6 Å². The van der Waals surface area contributed by atoms with Crippen molar-refractivity contribution in [3.05, 3.63) is 83.2 Å². The number of hydrogen-bond acceptors (Lipinski definition) is 6. The van der Waals surface area contributed by atoms with E-state index in [2.05, 4.69) is 9.98 Å². The Kier molecular flexibility index (Phi) is 6.05. The number of carbonyl (C=O) groups is 1. The number of aliphatic hydroxyl groups is 1. The van der Waals surface area contributed by atoms with E-state index >= 15 is 0 Å². The van der Waals surface area contributed by atoms with Crippen LogP contribution in [0.3, 0.4) is 0 Å². The Hall–Kier alpha value is -3.85. The first-order chi connectivity index (χ1) is 16.2. The minimum atomic E-state index is -1.67. The highest BCUT2D eigenvalue weighted by Gasteiger charge is 2.50. The third-order valence-electron chi connectivity index (χ3n) is 5.85. The maximum absolute atomic E-state index is 14.8. The van der Waals surface area contributed by atoms with Gasteiger partial charge in [-0.1, -0.05) is 12.1 Å². The molecule has 1 unspecified atom stereocenters. The summed E-state index contributed by atoms with van der Waals surface area (Å²) in [7, 11) is 1.48. The average molecular weight is 466 g/mol. The molecule has 3 N–H and O–H groups in total. The van der Waals surface area contributed by atoms with Crippen LogP contribution >= 0.6 is 0 Å². The van der Waals surface area contributed by atoms with E-state index in [0.717, 1.165) is 6.07 Å². The van der Waals surface area contributed by atoms with Gasteiger partial charge in [-0.05, 0) is 61.4 Å². The third kappa shape index (κ3) is 3.67. The molecule has 1 aliphatic rings. The quantitative estimate of drug-likeness (QED) is 0.542. The molecular weight excluding hydrogens is 442 g/mol. The minimum Gasteiger partial charge on any atom is -0.493 e. The zero-order valence-corrected chi connectivity index (χ0v) is 18.9. The van der Waals surface area contributed by atoms with Gasteiger partial charge in [0.15, 0.2) is 11.5 Å². The van der Waals surface area contributed by atoms with Crippen molar-refractivity contribution in [1.82, 2.24) is 9.88 Å². The molecule has 1 amide bonds. The number of likely N-dealkylation sites (N-methyl/N-ethyl adjacent to an activating group) is 1. The van der Waals surface area contributed by atoms with E-state index in [-0.39, 0.29) is 22.6 Å². The molecule has 0 saturated carbocycles. The van der Waals surface area contributed by atoms with Gasteiger partial charge in [-0.3, -0.25) is 9.69 Å². The van der Waals surface area contributed by atoms with Crippen molar-refractivity contribution in [2.45, 2.75) is 25.5 Å². The van der Waals surface area contributed by atoms with Crippen molar-refractivity contribution in [3.63, 3.8) is 0 Å². The summed E-state index contributed by atoms with van der Waals surface area (Å²) in [6.07, 6.45) is 0.363. The molecule has 0 bridgehead atoms. The van der Waals surface area contributed by atoms with E-state index < -0.39 is 29.3 Å². The summed E-state index contributed by atoms with van der Waals surface area (Å²) in [5.41, 5.74) is 5.37. The van der Waals surface area contributed by atoms with Crippen molar-refractivity contribution >= 4 is 11.9 Å². The highest BCUT2D eigenvalue weighted by atomic mass is 19.1. The van der Waals surface area contributed by atoms with Crippen molar-refractivity contribution in [1.29, 1.82) is 0 Å². The number of nitrogens with two attached hydrogens (primary N) is 1. The van der Waals surface area contributed by atoms with Gasteiger partial charge in [0.2, 0.25) is 5.95 Å². The van der Waals surface area contributed by atoms with Crippen molar-refractivity contribution in [2.24, 2.45) is 10.7 Å². The number of carbonyl (C=O) groups excluding carboxylic acids is 1. The van der Waals surface area contributed by atoms with E-state index in [0.29, 0.717) is 23.5 Å². The predicted octanol–water partition coefficient (Wildman–Crippen LogP) is 3.51.